The van der Waals surface area contributed by atoms with Crippen molar-refractivity contribution in [2.75, 3.05) is 0 Å². The Kier molecular flexibility index (Phi) is 13.1. The summed E-state index contributed by atoms with van der Waals surface area (Å²) in [6.07, 6.45) is 0. The van der Waals surface area contributed by atoms with E-state index in [1.54, 1.807) is 0 Å². The molecule has 2 atom stereocenters. The molecule has 0 aromatic carbocycles. The Morgan fingerprint density at radius 1 is 0.632 bits per heavy atom. The van der Waals surface area contributed by atoms with Crippen LogP contribution in [0.5, 0.6) is 0 Å². The SMILES string of the molecule is CC(C)(/C(C(=O)O)=C(\C(=O)O)C(C)(C)C(C)(C)C(O[Si](C)(C)C)[SiH2]O[SiH3])C(C)(C)C(O[Si](C)(C)C)[SiH2]O[SiH3]. The van der Waals surface area contributed by atoms with Crippen molar-refractivity contribution in [3.63, 3.8) is 0 Å². The van der Waals surface area contributed by atoms with Crippen LogP contribution in [0.2, 0.25) is 39.3 Å². The average molecular weight is 641 g/mol. The molecule has 0 radical (unpaired) electrons. The summed E-state index contributed by atoms with van der Waals surface area (Å²) in [5.41, 5.74) is -4.23. The van der Waals surface area contributed by atoms with Gasteiger partial charge < -0.3 is 27.3 Å². The van der Waals surface area contributed by atoms with Crippen molar-refractivity contribution in [3.05, 3.63) is 11.1 Å². The minimum absolute atomic E-state index is 0.0835. The topological polar surface area (TPSA) is 112 Å². The van der Waals surface area contributed by atoms with Crippen LogP contribution in [-0.4, -0.2) is 90.7 Å². The van der Waals surface area contributed by atoms with Crippen molar-refractivity contribution < 1.29 is 36.9 Å². The highest BCUT2D eigenvalue weighted by molar-refractivity contribution is 6.70. The van der Waals surface area contributed by atoms with E-state index in [4.69, 9.17) is 17.1 Å². The van der Waals surface area contributed by atoms with Gasteiger partial charge in [-0.05, 0) is 50.1 Å². The number of carboxylic acid groups (broad SMARTS) is 2. The molecule has 0 amide bonds. The molecule has 0 heterocycles. The Bertz CT molecular complexity index is 802. The fraction of sp³-hybridized carbons (Fsp3) is 0.833. The molecule has 0 aromatic heterocycles. The first-order valence-electron chi connectivity index (χ1n) is 13.3. The number of carbonyl (C=O) groups is 2. The van der Waals surface area contributed by atoms with Gasteiger partial charge in [0, 0.05) is 10.8 Å². The Balaban J connectivity index is 7.46. The molecule has 0 aliphatic heterocycles. The van der Waals surface area contributed by atoms with Crippen LogP contribution in [0.1, 0.15) is 55.4 Å². The summed E-state index contributed by atoms with van der Waals surface area (Å²) in [7, 11) is -5.13. The quantitative estimate of drug-likeness (QED) is 0.194. The molecule has 0 aromatic rings. The smallest absolute Gasteiger partial charge is 0.332 e. The molecule has 2 unspecified atom stereocenters. The first-order valence-corrected chi connectivity index (χ1v) is 24.5. The lowest BCUT2D eigenvalue weighted by Crippen LogP contribution is -2.55. The molecule has 0 saturated heterocycles. The van der Waals surface area contributed by atoms with Crippen LogP contribution < -0.4 is 0 Å². The molecule has 0 rings (SSSR count). The zero-order valence-corrected chi connectivity index (χ0v) is 35.7. The van der Waals surface area contributed by atoms with Crippen molar-refractivity contribution >= 4 is 69.1 Å². The van der Waals surface area contributed by atoms with E-state index < -0.39 is 69.8 Å². The van der Waals surface area contributed by atoms with E-state index in [1.165, 1.54) is 0 Å². The fourth-order valence-electron chi connectivity index (χ4n) is 4.76. The molecule has 0 fully saturated rings. The molecule has 38 heavy (non-hydrogen) atoms. The summed E-state index contributed by atoms with van der Waals surface area (Å²) in [6, 6.07) is 0. The second-order valence-electron chi connectivity index (χ2n) is 14.4. The first kappa shape index (κ1) is 37.8. The predicted octanol–water partition coefficient (Wildman–Crippen LogP) is 1.67. The maximum absolute atomic E-state index is 13.1. The van der Waals surface area contributed by atoms with Crippen LogP contribution in [0.25, 0.3) is 0 Å². The number of hydrogen-bond donors (Lipinski definition) is 2. The minimum Gasteiger partial charge on any atom is -0.478 e. The van der Waals surface area contributed by atoms with Crippen molar-refractivity contribution in [1.82, 2.24) is 0 Å². The molecule has 0 bridgehead atoms. The van der Waals surface area contributed by atoms with E-state index in [0.717, 1.165) is 0 Å². The van der Waals surface area contributed by atoms with Gasteiger partial charge in [0.25, 0.3) is 0 Å². The summed E-state index contributed by atoms with van der Waals surface area (Å²) in [5.74, 6) is -2.44. The van der Waals surface area contributed by atoms with Crippen LogP contribution >= 0.6 is 0 Å². The van der Waals surface area contributed by atoms with Gasteiger partial charge in [-0.25, -0.2) is 9.59 Å². The van der Waals surface area contributed by atoms with Gasteiger partial charge in [0.1, 0.15) is 21.0 Å². The van der Waals surface area contributed by atoms with E-state index in [9.17, 15) is 19.8 Å². The van der Waals surface area contributed by atoms with Gasteiger partial charge in [0.15, 0.2) is 36.2 Å². The first-order chi connectivity index (χ1) is 16.7. The average Bonchev–Trinajstić information content (AvgIpc) is 2.68. The highest BCUT2D eigenvalue weighted by Gasteiger charge is 2.56. The van der Waals surface area contributed by atoms with Crippen molar-refractivity contribution in [2.24, 2.45) is 21.7 Å². The summed E-state index contributed by atoms with van der Waals surface area (Å²) in [4.78, 5) is 26.2. The van der Waals surface area contributed by atoms with E-state index in [1.807, 2.05) is 55.4 Å². The molecular weight excluding hydrogens is 585 g/mol. The van der Waals surface area contributed by atoms with Crippen molar-refractivity contribution in [1.29, 1.82) is 0 Å². The van der Waals surface area contributed by atoms with Gasteiger partial charge in [-0.1, -0.05) is 55.4 Å². The largest absolute Gasteiger partial charge is 0.478 e. The number of hydrogen-bond acceptors (Lipinski definition) is 6. The maximum Gasteiger partial charge on any atom is 0.332 e. The van der Waals surface area contributed by atoms with Crippen LogP contribution in [-0.2, 0) is 26.7 Å². The molecule has 8 nitrogen and oxygen atoms in total. The number of rotatable bonds is 16. The third-order valence-electron chi connectivity index (χ3n) is 8.39. The highest BCUT2D eigenvalue weighted by atomic mass is 28.4. The van der Waals surface area contributed by atoms with Crippen LogP contribution in [0.4, 0.5) is 0 Å². The molecular formula is C24H56O8Si6. The Morgan fingerprint density at radius 2 is 0.868 bits per heavy atom. The van der Waals surface area contributed by atoms with Crippen molar-refractivity contribution in [2.45, 2.75) is 106 Å². The molecule has 0 aliphatic rings. The molecule has 224 valence electrons. The molecule has 0 aliphatic carbocycles. The van der Waals surface area contributed by atoms with Gasteiger partial charge in [-0.2, -0.15) is 0 Å². The lowest BCUT2D eigenvalue weighted by molar-refractivity contribution is -0.140. The number of carboxylic acids is 2. The second kappa shape index (κ2) is 13.2. The lowest BCUT2D eigenvalue weighted by Gasteiger charge is -2.52. The van der Waals surface area contributed by atoms with Gasteiger partial charge in [0.05, 0.1) is 22.6 Å². The Morgan fingerprint density at radius 3 is 1.03 bits per heavy atom. The normalized spacial score (nSPS) is 17.4. The van der Waals surface area contributed by atoms with Gasteiger partial charge in [0.2, 0.25) is 0 Å². The van der Waals surface area contributed by atoms with Crippen LogP contribution in [0.15, 0.2) is 11.1 Å². The maximum atomic E-state index is 13.1. The van der Waals surface area contributed by atoms with Gasteiger partial charge in [-0.3, -0.25) is 0 Å². The van der Waals surface area contributed by atoms with E-state index in [2.05, 4.69) is 39.3 Å². The summed E-state index contributed by atoms with van der Waals surface area (Å²) in [6.45, 7) is 28.0. The summed E-state index contributed by atoms with van der Waals surface area (Å²) < 4.78 is 24.7. The zero-order chi connectivity index (χ0) is 30.7. The van der Waals surface area contributed by atoms with Gasteiger partial charge >= 0.3 is 11.9 Å². The molecule has 0 spiro atoms. The van der Waals surface area contributed by atoms with E-state index in [-0.39, 0.29) is 22.6 Å². The Hall–Kier alpha value is -0.179. The molecule has 2 N–H and O–H groups in total. The minimum atomic E-state index is -2.00. The van der Waals surface area contributed by atoms with Crippen molar-refractivity contribution in [3.8, 4) is 0 Å². The highest BCUT2D eigenvalue weighted by Crippen LogP contribution is 2.55. The van der Waals surface area contributed by atoms with Crippen LogP contribution in [0.3, 0.4) is 0 Å². The second-order valence-corrected chi connectivity index (χ2v) is 30.1. The van der Waals surface area contributed by atoms with E-state index in [0.29, 0.717) is 21.0 Å². The molecule has 14 heteroatoms. The fourth-order valence-corrected chi connectivity index (χ4v) is 14.9. The predicted molar refractivity (Wildman–Crippen MR) is 173 cm³/mol. The van der Waals surface area contributed by atoms with Gasteiger partial charge in [-0.15, -0.1) is 0 Å². The Labute approximate surface area is 244 Å². The lowest BCUT2D eigenvalue weighted by atomic mass is 9.57. The third-order valence-corrected chi connectivity index (χ3v) is 16.7. The number of aliphatic carboxylic acids is 2. The summed E-state index contributed by atoms with van der Waals surface area (Å²) in [5, 5.41) is 21.4. The third kappa shape index (κ3) is 8.91. The standard InChI is InChI=1S/C24H56O8Si6/c1-21(2,23(5,6)19(35-31-33)29-37(9,10)11)15(17(25)26)16(18(27)28)22(3,4)24(7,8)20(36-32-34)30-38(12,13)14/h19-20H,35-36H2,1-14,33-34H3,(H,25,26)(H,27,28)/b16-15+. The van der Waals surface area contributed by atoms with Crippen LogP contribution in [0, 0.1) is 21.7 Å². The summed E-state index contributed by atoms with van der Waals surface area (Å²) >= 11 is 0. The van der Waals surface area contributed by atoms with E-state index >= 15 is 0 Å². The molecule has 0 saturated carbocycles. The zero-order valence-electron chi connectivity index (χ0n) is 26.9. The monoisotopic (exact) mass is 640 g/mol.